The summed E-state index contributed by atoms with van der Waals surface area (Å²) in [4.78, 5) is 33.3. The first-order valence-corrected chi connectivity index (χ1v) is 10.3. The molecule has 7 nitrogen and oxygen atoms in total. The van der Waals surface area contributed by atoms with E-state index in [0.29, 0.717) is 38.5 Å². The van der Waals surface area contributed by atoms with Gasteiger partial charge in [0.1, 0.15) is 5.52 Å². The normalized spacial score (nSPS) is 16.7. The number of hydrogen-bond acceptors (Lipinski definition) is 6. The van der Waals surface area contributed by atoms with Crippen LogP contribution < -0.4 is 9.80 Å². The smallest absolute Gasteiger partial charge is 0.309 e. The molecule has 1 fully saturated rings. The molecule has 1 aromatic heterocycles. The lowest BCUT2D eigenvalue weighted by Crippen LogP contribution is -2.38. The van der Waals surface area contributed by atoms with Gasteiger partial charge < -0.3 is 19.0 Å². The number of hydrogen-bond donors (Lipinski definition) is 0. The van der Waals surface area contributed by atoms with Crippen molar-refractivity contribution in [2.45, 2.75) is 19.3 Å². The maximum absolute atomic E-state index is 12.5. The molecular weight excluding hydrogens is 382 g/mol. The summed E-state index contributed by atoms with van der Waals surface area (Å²) in [5, 5.41) is 0. The van der Waals surface area contributed by atoms with Crippen molar-refractivity contribution in [1.82, 2.24) is 4.98 Å². The van der Waals surface area contributed by atoms with E-state index in [4.69, 9.17) is 9.15 Å². The predicted molar refractivity (Wildman–Crippen MR) is 112 cm³/mol. The van der Waals surface area contributed by atoms with Crippen molar-refractivity contribution in [3.63, 3.8) is 0 Å². The maximum Gasteiger partial charge on any atom is 0.309 e. The topological polar surface area (TPSA) is 75.9 Å². The highest BCUT2D eigenvalue weighted by Crippen LogP contribution is 2.28. The fraction of sp³-hybridized carbons (Fsp3) is 0.348. The van der Waals surface area contributed by atoms with Crippen molar-refractivity contribution >= 4 is 34.7 Å². The molecule has 0 bridgehead atoms. The molecule has 0 aliphatic carbocycles. The quantitative estimate of drug-likeness (QED) is 0.621. The Morgan fingerprint density at radius 2 is 1.80 bits per heavy atom. The number of amides is 1. The van der Waals surface area contributed by atoms with E-state index >= 15 is 0 Å². The first-order chi connectivity index (χ1) is 14.7. The van der Waals surface area contributed by atoms with Gasteiger partial charge in [-0.05, 0) is 43.0 Å². The number of esters is 1. The Bertz CT molecular complexity index is 1050. The Labute approximate surface area is 174 Å². The van der Waals surface area contributed by atoms with Crippen LogP contribution in [0.1, 0.15) is 18.4 Å². The summed E-state index contributed by atoms with van der Waals surface area (Å²) < 4.78 is 11.2. The number of para-hydroxylation sites is 3. The summed E-state index contributed by atoms with van der Waals surface area (Å²) in [6, 6.07) is 16.1. The van der Waals surface area contributed by atoms with Gasteiger partial charge in [-0.25, -0.2) is 0 Å². The van der Waals surface area contributed by atoms with Gasteiger partial charge in [-0.2, -0.15) is 4.98 Å². The van der Waals surface area contributed by atoms with Crippen molar-refractivity contribution in [3.05, 3.63) is 54.1 Å². The summed E-state index contributed by atoms with van der Waals surface area (Å²) in [5.41, 5.74) is 3.67. The lowest BCUT2D eigenvalue weighted by Gasteiger charge is -2.29. The Kier molecular flexibility index (Phi) is 4.86. The van der Waals surface area contributed by atoms with Crippen LogP contribution in [0.5, 0.6) is 0 Å². The highest BCUT2D eigenvalue weighted by molar-refractivity contribution is 5.97. The molecule has 7 heteroatoms. The molecule has 0 unspecified atom stereocenters. The Balaban J connectivity index is 1.13. The van der Waals surface area contributed by atoms with E-state index in [1.165, 1.54) is 0 Å². The average molecular weight is 405 g/mol. The number of carbonyl (C=O) groups excluding carboxylic acids is 2. The van der Waals surface area contributed by atoms with Gasteiger partial charge >= 0.3 is 5.97 Å². The van der Waals surface area contributed by atoms with Gasteiger partial charge in [0.05, 0.1) is 5.92 Å². The number of ether oxygens (including phenoxy) is 1. The molecule has 0 saturated carbocycles. The zero-order chi connectivity index (χ0) is 20.5. The molecule has 0 N–H and O–H groups in total. The molecule has 2 aromatic carbocycles. The summed E-state index contributed by atoms with van der Waals surface area (Å²) in [6.45, 7) is 1.76. The van der Waals surface area contributed by atoms with Crippen LogP contribution in [0.15, 0.2) is 52.9 Å². The number of benzene rings is 2. The molecule has 0 radical (unpaired) electrons. The number of aromatic nitrogens is 1. The van der Waals surface area contributed by atoms with E-state index in [1.807, 2.05) is 48.5 Å². The molecule has 0 atom stereocenters. The summed E-state index contributed by atoms with van der Waals surface area (Å²) in [5.74, 6) is -0.672. The Morgan fingerprint density at radius 3 is 2.63 bits per heavy atom. The Morgan fingerprint density at radius 1 is 1.03 bits per heavy atom. The minimum absolute atomic E-state index is 0.169. The standard InChI is InChI=1S/C23H23N3O4/c27-21(26-14-11-16-5-1-3-7-19(16)26)15-29-22(28)17-9-12-25(13-10-17)23-24-18-6-2-4-8-20(18)30-23/h1-8,17H,9-15H2. The molecule has 5 rings (SSSR count). The fourth-order valence-electron chi connectivity index (χ4n) is 4.23. The highest BCUT2D eigenvalue weighted by atomic mass is 16.5. The zero-order valence-corrected chi connectivity index (χ0v) is 16.6. The lowest BCUT2D eigenvalue weighted by molar-refractivity contribution is -0.152. The van der Waals surface area contributed by atoms with Crippen LogP contribution in [0.25, 0.3) is 11.1 Å². The minimum atomic E-state index is -0.298. The van der Waals surface area contributed by atoms with Gasteiger partial charge in [-0.15, -0.1) is 0 Å². The maximum atomic E-state index is 12.5. The van der Waals surface area contributed by atoms with Crippen LogP contribution in [0.3, 0.4) is 0 Å². The van der Waals surface area contributed by atoms with Crippen LogP contribution in [-0.2, 0) is 20.7 Å². The van der Waals surface area contributed by atoms with E-state index in [0.717, 1.165) is 28.8 Å². The SMILES string of the molecule is O=C(OCC(=O)N1CCc2ccccc21)C1CCN(c2nc3ccccc3o2)CC1. The van der Waals surface area contributed by atoms with Crippen LogP contribution >= 0.6 is 0 Å². The number of nitrogens with zero attached hydrogens (tertiary/aromatic N) is 3. The molecule has 3 heterocycles. The summed E-state index contributed by atoms with van der Waals surface area (Å²) in [6.07, 6.45) is 2.14. The number of fused-ring (bicyclic) bond motifs is 2. The average Bonchev–Trinajstić information content (AvgIpc) is 3.42. The molecule has 30 heavy (non-hydrogen) atoms. The van der Waals surface area contributed by atoms with Crippen molar-refractivity contribution in [1.29, 1.82) is 0 Å². The monoisotopic (exact) mass is 405 g/mol. The second kappa shape index (κ2) is 7.82. The molecule has 2 aliphatic rings. The van der Waals surface area contributed by atoms with Gasteiger partial charge in [-0.1, -0.05) is 30.3 Å². The Hall–Kier alpha value is -3.35. The van der Waals surface area contributed by atoms with Crippen LogP contribution in [0, 0.1) is 5.92 Å². The number of oxazole rings is 1. The number of anilines is 2. The van der Waals surface area contributed by atoms with Gasteiger partial charge in [0.25, 0.3) is 11.9 Å². The molecule has 2 aliphatic heterocycles. The van der Waals surface area contributed by atoms with E-state index in [2.05, 4.69) is 9.88 Å². The van der Waals surface area contributed by atoms with Gasteiger partial charge in [0, 0.05) is 25.3 Å². The predicted octanol–water partition coefficient (Wildman–Crippen LogP) is 3.18. The third-order valence-corrected chi connectivity index (χ3v) is 5.91. The van der Waals surface area contributed by atoms with Gasteiger partial charge in [0.2, 0.25) is 0 Å². The third kappa shape index (κ3) is 3.51. The van der Waals surface area contributed by atoms with Crippen LogP contribution in [0.4, 0.5) is 11.7 Å². The third-order valence-electron chi connectivity index (χ3n) is 5.91. The van der Waals surface area contributed by atoms with Gasteiger partial charge in [0.15, 0.2) is 12.2 Å². The van der Waals surface area contributed by atoms with Crippen molar-refractivity contribution < 1.29 is 18.7 Å². The van der Waals surface area contributed by atoms with Crippen molar-refractivity contribution in [3.8, 4) is 0 Å². The molecular formula is C23H23N3O4. The largest absolute Gasteiger partial charge is 0.455 e. The molecule has 1 saturated heterocycles. The van der Waals surface area contributed by atoms with Crippen LogP contribution in [-0.4, -0.2) is 43.1 Å². The summed E-state index contributed by atoms with van der Waals surface area (Å²) >= 11 is 0. The molecule has 0 spiro atoms. The van der Waals surface area contributed by atoms with E-state index in [-0.39, 0.29) is 24.4 Å². The van der Waals surface area contributed by atoms with Crippen molar-refractivity contribution in [2.24, 2.45) is 5.92 Å². The first-order valence-electron chi connectivity index (χ1n) is 10.3. The number of rotatable bonds is 4. The minimum Gasteiger partial charge on any atom is -0.455 e. The zero-order valence-electron chi connectivity index (χ0n) is 16.6. The highest BCUT2D eigenvalue weighted by Gasteiger charge is 2.30. The molecule has 154 valence electrons. The van der Waals surface area contributed by atoms with E-state index in [9.17, 15) is 9.59 Å². The van der Waals surface area contributed by atoms with Crippen molar-refractivity contribution in [2.75, 3.05) is 36.0 Å². The van der Waals surface area contributed by atoms with Crippen LogP contribution in [0.2, 0.25) is 0 Å². The second-order valence-corrected chi connectivity index (χ2v) is 7.76. The second-order valence-electron chi connectivity index (χ2n) is 7.76. The number of piperidine rings is 1. The fourth-order valence-corrected chi connectivity index (χ4v) is 4.23. The van der Waals surface area contributed by atoms with E-state index < -0.39 is 0 Å². The number of carbonyl (C=O) groups is 2. The van der Waals surface area contributed by atoms with E-state index in [1.54, 1.807) is 4.90 Å². The molecule has 3 aromatic rings. The van der Waals surface area contributed by atoms with Gasteiger partial charge in [-0.3, -0.25) is 9.59 Å². The summed E-state index contributed by atoms with van der Waals surface area (Å²) in [7, 11) is 0. The first kappa shape index (κ1) is 18.7. The molecule has 1 amide bonds. The lowest BCUT2D eigenvalue weighted by atomic mass is 9.97.